The number of amides is 2. The van der Waals surface area contributed by atoms with Gasteiger partial charge in [-0.05, 0) is 56.7 Å². The first-order valence-electron chi connectivity index (χ1n) is 8.67. The first kappa shape index (κ1) is 18.8. The third-order valence-corrected chi connectivity index (χ3v) is 4.17. The van der Waals surface area contributed by atoms with Gasteiger partial charge in [-0.1, -0.05) is 6.07 Å². The van der Waals surface area contributed by atoms with Crippen molar-refractivity contribution in [3.63, 3.8) is 0 Å². The number of carbonyl (C=O) groups is 2. The van der Waals surface area contributed by atoms with E-state index in [1.807, 2.05) is 13.8 Å². The highest BCUT2D eigenvalue weighted by Gasteiger charge is 2.48. The molecule has 0 saturated heterocycles. The van der Waals surface area contributed by atoms with Crippen LogP contribution in [-0.4, -0.2) is 17.9 Å². The maximum Gasteiger partial charge on any atom is 0.228 e. The Labute approximate surface area is 155 Å². The molecule has 142 valence electrons. The van der Waals surface area contributed by atoms with Crippen LogP contribution in [0.15, 0.2) is 42.5 Å². The molecule has 0 aliphatic heterocycles. The highest BCUT2D eigenvalue weighted by molar-refractivity contribution is 6.03. The first-order chi connectivity index (χ1) is 12.8. The minimum Gasteiger partial charge on any atom is -0.491 e. The van der Waals surface area contributed by atoms with Crippen molar-refractivity contribution in [3.05, 3.63) is 54.1 Å². The van der Waals surface area contributed by atoms with Crippen LogP contribution in [0.1, 0.15) is 20.3 Å². The molecule has 0 spiro atoms. The van der Waals surface area contributed by atoms with E-state index in [0.29, 0.717) is 17.9 Å². The summed E-state index contributed by atoms with van der Waals surface area (Å²) in [5.41, 5.74) is 0.0941. The Morgan fingerprint density at radius 1 is 0.963 bits per heavy atom. The van der Waals surface area contributed by atoms with Crippen LogP contribution in [0, 0.1) is 23.5 Å². The molecule has 1 saturated carbocycles. The zero-order valence-corrected chi connectivity index (χ0v) is 15.0. The lowest BCUT2D eigenvalue weighted by molar-refractivity contribution is -0.122. The second kappa shape index (κ2) is 7.73. The van der Waals surface area contributed by atoms with E-state index in [4.69, 9.17) is 4.74 Å². The molecule has 0 bridgehead atoms. The van der Waals surface area contributed by atoms with Gasteiger partial charge in [0.05, 0.1) is 17.9 Å². The van der Waals surface area contributed by atoms with Gasteiger partial charge in [-0.3, -0.25) is 9.59 Å². The van der Waals surface area contributed by atoms with Crippen LogP contribution in [0.3, 0.4) is 0 Å². The van der Waals surface area contributed by atoms with Crippen molar-refractivity contribution in [3.8, 4) is 5.75 Å². The van der Waals surface area contributed by atoms with Gasteiger partial charge in [0.15, 0.2) is 0 Å². The van der Waals surface area contributed by atoms with Gasteiger partial charge in [-0.15, -0.1) is 0 Å². The van der Waals surface area contributed by atoms with E-state index in [1.54, 1.807) is 24.3 Å². The predicted octanol–water partition coefficient (Wildman–Crippen LogP) is 3.97. The summed E-state index contributed by atoms with van der Waals surface area (Å²) in [7, 11) is 0. The number of hydrogen-bond donors (Lipinski definition) is 2. The van der Waals surface area contributed by atoms with E-state index in [9.17, 15) is 18.4 Å². The Hall–Kier alpha value is -2.96. The monoisotopic (exact) mass is 374 g/mol. The maximum absolute atomic E-state index is 13.6. The Morgan fingerprint density at radius 3 is 2.07 bits per heavy atom. The Bertz CT molecular complexity index is 833. The molecule has 27 heavy (non-hydrogen) atoms. The van der Waals surface area contributed by atoms with Gasteiger partial charge < -0.3 is 15.4 Å². The zero-order chi connectivity index (χ0) is 19.6. The SMILES string of the molecule is CC(C)Oc1ccc(NC(=O)C2CC2C(=O)Nc2c(F)cccc2F)cc1. The predicted molar refractivity (Wildman–Crippen MR) is 97.4 cm³/mol. The largest absolute Gasteiger partial charge is 0.491 e. The van der Waals surface area contributed by atoms with Gasteiger partial charge in [0.25, 0.3) is 0 Å². The number of nitrogens with one attached hydrogen (secondary N) is 2. The van der Waals surface area contributed by atoms with Gasteiger partial charge in [-0.2, -0.15) is 0 Å². The van der Waals surface area contributed by atoms with E-state index in [1.165, 1.54) is 6.07 Å². The van der Waals surface area contributed by atoms with Crippen molar-refractivity contribution < 1.29 is 23.1 Å². The number of halogens is 2. The maximum atomic E-state index is 13.6. The van der Waals surface area contributed by atoms with Crippen LogP contribution in [0.25, 0.3) is 0 Å². The summed E-state index contributed by atoms with van der Waals surface area (Å²) in [5.74, 6) is -3.01. The van der Waals surface area contributed by atoms with Crippen molar-refractivity contribution in [1.29, 1.82) is 0 Å². The lowest BCUT2D eigenvalue weighted by Gasteiger charge is -2.11. The molecule has 0 heterocycles. The summed E-state index contributed by atoms with van der Waals surface area (Å²) in [6.45, 7) is 3.84. The van der Waals surface area contributed by atoms with Crippen LogP contribution in [-0.2, 0) is 9.59 Å². The molecular weight excluding hydrogens is 354 g/mol. The zero-order valence-electron chi connectivity index (χ0n) is 15.0. The van der Waals surface area contributed by atoms with Gasteiger partial charge in [0.2, 0.25) is 11.8 Å². The molecule has 7 heteroatoms. The van der Waals surface area contributed by atoms with Crippen LogP contribution >= 0.6 is 0 Å². The molecule has 2 amide bonds. The molecule has 0 radical (unpaired) electrons. The van der Waals surface area contributed by atoms with Crippen molar-refractivity contribution >= 4 is 23.2 Å². The van der Waals surface area contributed by atoms with Crippen molar-refractivity contribution in [2.24, 2.45) is 11.8 Å². The molecule has 2 N–H and O–H groups in total. The summed E-state index contributed by atoms with van der Waals surface area (Å²) in [6.07, 6.45) is 0.387. The van der Waals surface area contributed by atoms with Crippen molar-refractivity contribution in [2.45, 2.75) is 26.4 Å². The molecule has 2 aromatic carbocycles. The van der Waals surface area contributed by atoms with E-state index in [0.717, 1.165) is 12.1 Å². The molecular formula is C20H20F2N2O3. The van der Waals surface area contributed by atoms with Gasteiger partial charge in [0.1, 0.15) is 23.1 Å². The standard InChI is InChI=1S/C20H20F2N2O3/c1-11(2)27-13-8-6-12(7-9-13)23-19(25)14-10-15(14)20(26)24-18-16(21)4-3-5-17(18)22/h3-9,11,14-15H,10H2,1-2H3,(H,23,25)(H,24,26). The average molecular weight is 374 g/mol. The average Bonchev–Trinajstić information content (AvgIpc) is 3.40. The molecule has 5 nitrogen and oxygen atoms in total. The number of ether oxygens (including phenoxy) is 1. The lowest BCUT2D eigenvalue weighted by Crippen LogP contribution is -2.21. The molecule has 1 aliphatic carbocycles. The van der Waals surface area contributed by atoms with Gasteiger partial charge >= 0.3 is 0 Å². The van der Waals surface area contributed by atoms with E-state index >= 15 is 0 Å². The molecule has 3 rings (SSSR count). The quantitative estimate of drug-likeness (QED) is 0.804. The van der Waals surface area contributed by atoms with Crippen molar-refractivity contribution in [1.82, 2.24) is 0 Å². The first-order valence-corrected chi connectivity index (χ1v) is 8.67. The number of carbonyl (C=O) groups excluding carboxylic acids is 2. The van der Waals surface area contributed by atoms with E-state index in [2.05, 4.69) is 10.6 Å². The van der Waals surface area contributed by atoms with Crippen LogP contribution in [0.5, 0.6) is 5.75 Å². The fourth-order valence-electron chi connectivity index (χ4n) is 2.73. The van der Waals surface area contributed by atoms with E-state index in [-0.39, 0.29) is 12.0 Å². The smallest absolute Gasteiger partial charge is 0.228 e. The third kappa shape index (κ3) is 4.61. The second-order valence-electron chi connectivity index (χ2n) is 6.71. The normalized spacial score (nSPS) is 18.1. The Morgan fingerprint density at radius 2 is 1.52 bits per heavy atom. The fraction of sp³-hybridized carbons (Fsp3) is 0.300. The topological polar surface area (TPSA) is 67.4 Å². The van der Waals surface area contributed by atoms with E-state index < -0.39 is 35.1 Å². The lowest BCUT2D eigenvalue weighted by atomic mass is 10.2. The molecule has 2 aromatic rings. The third-order valence-electron chi connectivity index (χ3n) is 4.17. The molecule has 0 aromatic heterocycles. The minimum atomic E-state index is -0.853. The van der Waals surface area contributed by atoms with Gasteiger partial charge in [0, 0.05) is 5.69 Å². The highest BCUT2D eigenvalue weighted by Crippen LogP contribution is 2.40. The molecule has 1 fully saturated rings. The van der Waals surface area contributed by atoms with Crippen LogP contribution in [0.4, 0.5) is 20.2 Å². The summed E-state index contributed by atoms with van der Waals surface area (Å²) in [4.78, 5) is 24.4. The summed E-state index contributed by atoms with van der Waals surface area (Å²) >= 11 is 0. The number of benzene rings is 2. The highest BCUT2D eigenvalue weighted by atomic mass is 19.1. The molecule has 1 aliphatic rings. The Balaban J connectivity index is 1.55. The number of para-hydroxylation sites is 1. The summed E-state index contributed by atoms with van der Waals surface area (Å²) < 4.78 is 32.7. The number of anilines is 2. The van der Waals surface area contributed by atoms with Crippen LogP contribution in [0.2, 0.25) is 0 Å². The second-order valence-corrected chi connectivity index (χ2v) is 6.71. The van der Waals surface area contributed by atoms with Crippen molar-refractivity contribution in [2.75, 3.05) is 10.6 Å². The van der Waals surface area contributed by atoms with Crippen LogP contribution < -0.4 is 15.4 Å². The summed E-state index contributed by atoms with van der Waals surface area (Å²) in [5, 5.41) is 4.96. The molecule has 2 unspecified atom stereocenters. The summed E-state index contributed by atoms with van der Waals surface area (Å²) in [6, 6.07) is 10.2. The van der Waals surface area contributed by atoms with Gasteiger partial charge in [-0.25, -0.2) is 8.78 Å². The Kier molecular flexibility index (Phi) is 5.39. The fourth-order valence-corrected chi connectivity index (χ4v) is 2.73. The number of hydrogen-bond acceptors (Lipinski definition) is 3. The number of rotatable bonds is 6. The minimum absolute atomic E-state index is 0.0514. The molecule has 2 atom stereocenters.